The lowest BCUT2D eigenvalue weighted by molar-refractivity contribution is -0.126. The van der Waals surface area contributed by atoms with Crippen LogP contribution in [0.3, 0.4) is 0 Å². The predicted molar refractivity (Wildman–Crippen MR) is 134 cm³/mol. The van der Waals surface area contributed by atoms with Gasteiger partial charge in [-0.1, -0.05) is 54.6 Å². The number of hydrogen-bond donors (Lipinski definition) is 1. The van der Waals surface area contributed by atoms with Crippen LogP contribution in [0.15, 0.2) is 60.8 Å². The van der Waals surface area contributed by atoms with Crippen molar-refractivity contribution in [2.75, 3.05) is 19.7 Å². The second-order valence-corrected chi connectivity index (χ2v) is 8.91. The second kappa shape index (κ2) is 11.3. The molecule has 1 fully saturated rings. The number of rotatable bonds is 9. The van der Waals surface area contributed by atoms with Crippen LogP contribution in [-0.4, -0.2) is 46.6 Å². The first-order valence-corrected chi connectivity index (χ1v) is 12.0. The van der Waals surface area contributed by atoms with E-state index in [4.69, 9.17) is 4.74 Å². The number of benzene rings is 2. The Labute approximate surface area is 202 Å². The molecule has 6 nitrogen and oxygen atoms in total. The summed E-state index contributed by atoms with van der Waals surface area (Å²) < 4.78 is 6.09. The first-order chi connectivity index (χ1) is 16.3. The second-order valence-electron chi connectivity index (χ2n) is 8.91. The van der Waals surface area contributed by atoms with Gasteiger partial charge in [0.2, 0.25) is 5.91 Å². The van der Waals surface area contributed by atoms with E-state index in [-0.39, 0.29) is 24.6 Å². The molecule has 0 spiro atoms. The highest BCUT2D eigenvalue weighted by Crippen LogP contribution is 2.40. The van der Waals surface area contributed by atoms with Gasteiger partial charge in [0.15, 0.2) is 0 Å². The molecule has 2 aromatic carbocycles. The Kier molecular flexibility index (Phi) is 8.51. The summed E-state index contributed by atoms with van der Waals surface area (Å²) in [6.45, 7) is 8.77. The summed E-state index contributed by atoms with van der Waals surface area (Å²) in [5.41, 5.74) is 3.33. The van der Waals surface area contributed by atoms with Crippen LogP contribution in [0.5, 0.6) is 0 Å². The summed E-state index contributed by atoms with van der Waals surface area (Å²) in [6.07, 6.45) is 3.38. The molecule has 1 saturated heterocycles. The number of aliphatic hydroxyl groups excluding tert-OH is 1. The molecule has 1 aliphatic rings. The Morgan fingerprint density at radius 1 is 1.18 bits per heavy atom. The zero-order chi connectivity index (χ0) is 24.7. The van der Waals surface area contributed by atoms with E-state index in [1.54, 1.807) is 16.7 Å². The van der Waals surface area contributed by atoms with Crippen molar-refractivity contribution in [3.8, 4) is 0 Å². The van der Waals surface area contributed by atoms with Crippen molar-refractivity contribution in [3.63, 3.8) is 0 Å². The van der Waals surface area contributed by atoms with Crippen LogP contribution in [0.2, 0.25) is 0 Å². The van der Waals surface area contributed by atoms with Gasteiger partial charge in [-0.25, -0.2) is 4.79 Å². The van der Waals surface area contributed by atoms with E-state index >= 15 is 0 Å². The lowest BCUT2D eigenvalue weighted by Gasteiger charge is -2.43. The lowest BCUT2D eigenvalue weighted by Crippen LogP contribution is -2.48. The number of cyclic esters (lactones) is 1. The van der Waals surface area contributed by atoms with Crippen LogP contribution in [0, 0.1) is 0 Å². The summed E-state index contributed by atoms with van der Waals surface area (Å²) in [4.78, 5) is 28.3. The highest BCUT2D eigenvalue weighted by molar-refractivity contribution is 5.77. The van der Waals surface area contributed by atoms with Crippen molar-refractivity contribution in [2.24, 2.45) is 0 Å². The highest BCUT2D eigenvalue weighted by atomic mass is 16.6. The monoisotopic (exact) mass is 464 g/mol. The van der Waals surface area contributed by atoms with Gasteiger partial charge in [-0.3, -0.25) is 4.79 Å². The van der Waals surface area contributed by atoms with Gasteiger partial charge in [-0.05, 0) is 55.9 Å². The normalized spacial score (nSPS) is 19.5. The third-order valence-corrected chi connectivity index (χ3v) is 6.72. The number of hydrogen-bond acceptors (Lipinski definition) is 4. The minimum atomic E-state index is -0.703. The fourth-order valence-electron chi connectivity index (χ4n) is 4.57. The molecule has 0 radical (unpaired) electrons. The first kappa shape index (κ1) is 25.5. The highest BCUT2D eigenvalue weighted by Gasteiger charge is 2.43. The van der Waals surface area contributed by atoms with Gasteiger partial charge in [0.25, 0.3) is 0 Å². The van der Waals surface area contributed by atoms with E-state index in [9.17, 15) is 14.7 Å². The predicted octanol–water partition coefficient (Wildman–Crippen LogP) is 5.49. The molecule has 6 heteroatoms. The number of carbonyl (C=O) groups excluding carboxylic acids is 2. The quantitative estimate of drug-likeness (QED) is 0.533. The molecular formula is C28H36N2O4. The molecule has 2 amide bonds. The Balaban J connectivity index is 1.74. The lowest BCUT2D eigenvalue weighted by atomic mass is 9.84. The Bertz CT molecular complexity index is 1000. The van der Waals surface area contributed by atoms with Gasteiger partial charge in [-0.2, -0.15) is 0 Å². The van der Waals surface area contributed by atoms with Gasteiger partial charge < -0.3 is 19.6 Å². The van der Waals surface area contributed by atoms with Gasteiger partial charge in [0.1, 0.15) is 5.60 Å². The molecule has 34 heavy (non-hydrogen) atoms. The van der Waals surface area contributed by atoms with Crippen molar-refractivity contribution >= 4 is 17.6 Å². The fraction of sp³-hybridized carbons (Fsp3) is 0.429. The molecule has 0 aliphatic carbocycles. The summed E-state index contributed by atoms with van der Waals surface area (Å²) in [5.74, 6) is 0.0151. The fourth-order valence-corrected chi connectivity index (χ4v) is 4.57. The van der Waals surface area contributed by atoms with Gasteiger partial charge in [0.05, 0.1) is 6.04 Å². The molecule has 3 rings (SSSR count). The molecular weight excluding hydrogens is 428 g/mol. The van der Waals surface area contributed by atoms with E-state index in [0.717, 1.165) is 22.3 Å². The zero-order valence-electron chi connectivity index (χ0n) is 20.7. The standard InChI is InChI=1S/C28H36N2O4/c1-5-29(23(4)32)20-21(2)24-12-14-25(15-13-24)22(3)30-18-17-28(16-9-19-31,34-27(30)33)26-10-7-6-8-11-26/h6-8,10-15,20,22,31H,5,9,16-19H2,1-4H3. The van der Waals surface area contributed by atoms with Crippen LogP contribution < -0.4 is 0 Å². The van der Waals surface area contributed by atoms with Crippen LogP contribution in [0.1, 0.15) is 69.7 Å². The van der Waals surface area contributed by atoms with Gasteiger partial charge in [-0.15, -0.1) is 0 Å². The molecule has 2 aromatic rings. The van der Waals surface area contributed by atoms with E-state index in [1.165, 1.54) is 0 Å². The van der Waals surface area contributed by atoms with E-state index in [2.05, 4.69) is 0 Å². The van der Waals surface area contributed by atoms with Crippen LogP contribution in [0.25, 0.3) is 5.57 Å². The van der Waals surface area contributed by atoms with Gasteiger partial charge >= 0.3 is 6.09 Å². The number of nitrogens with zero attached hydrogens (tertiary/aromatic N) is 2. The maximum absolute atomic E-state index is 13.1. The molecule has 0 bridgehead atoms. The topological polar surface area (TPSA) is 70.1 Å². The molecule has 2 atom stereocenters. The average molecular weight is 465 g/mol. The Hall–Kier alpha value is -3.12. The third kappa shape index (κ3) is 5.68. The number of amides is 2. The van der Waals surface area contributed by atoms with Crippen molar-refractivity contribution in [1.82, 2.24) is 9.80 Å². The van der Waals surface area contributed by atoms with Crippen LogP contribution in [-0.2, 0) is 15.1 Å². The minimum absolute atomic E-state index is 0.0151. The number of allylic oxidation sites excluding steroid dienone is 1. The van der Waals surface area contributed by atoms with E-state index < -0.39 is 5.60 Å². The molecule has 1 heterocycles. The van der Waals surface area contributed by atoms with Crippen LogP contribution >= 0.6 is 0 Å². The maximum Gasteiger partial charge on any atom is 0.411 e. The molecule has 182 valence electrons. The summed E-state index contributed by atoms with van der Waals surface area (Å²) >= 11 is 0. The number of aliphatic hydroxyl groups is 1. The van der Waals surface area contributed by atoms with Crippen LogP contribution in [0.4, 0.5) is 4.79 Å². The van der Waals surface area contributed by atoms with Gasteiger partial charge in [0, 0.05) is 39.2 Å². The summed E-state index contributed by atoms with van der Waals surface area (Å²) in [5, 5.41) is 9.39. The number of ether oxygens (including phenoxy) is 1. The Morgan fingerprint density at radius 2 is 1.85 bits per heavy atom. The van der Waals surface area contributed by atoms with Crippen molar-refractivity contribution in [3.05, 3.63) is 77.5 Å². The van der Waals surface area contributed by atoms with Crippen molar-refractivity contribution < 1.29 is 19.4 Å². The largest absolute Gasteiger partial charge is 0.438 e. The van der Waals surface area contributed by atoms with Crippen molar-refractivity contribution in [2.45, 2.75) is 58.6 Å². The first-order valence-electron chi connectivity index (χ1n) is 12.0. The average Bonchev–Trinajstić information content (AvgIpc) is 2.86. The Morgan fingerprint density at radius 3 is 2.41 bits per heavy atom. The molecule has 0 saturated carbocycles. The van der Waals surface area contributed by atoms with E-state index in [0.29, 0.717) is 32.4 Å². The molecule has 1 aliphatic heterocycles. The maximum atomic E-state index is 13.1. The summed E-state index contributed by atoms with van der Waals surface area (Å²) in [7, 11) is 0. The summed E-state index contributed by atoms with van der Waals surface area (Å²) in [6, 6.07) is 17.8. The smallest absolute Gasteiger partial charge is 0.411 e. The van der Waals surface area contributed by atoms with E-state index in [1.807, 2.05) is 81.6 Å². The number of carbonyl (C=O) groups is 2. The van der Waals surface area contributed by atoms with Crippen molar-refractivity contribution in [1.29, 1.82) is 0 Å². The molecule has 0 aromatic heterocycles. The third-order valence-electron chi connectivity index (χ3n) is 6.72. The molecule has 1 N–H and O–H groups in total. The minimum Gasteiger partial charge on any atom is -0.438 e. The zero-order valence-corrected chi connectivity index (χ0v) is 20.7. The molecule has 2 unspecified atom stereocenters. The SMILES string of the molecule is CCN(C=C(C)c1ccc(C(C)N2CCC(CCCO)(c3ccccc3)OC2=O)cc1)C(C)=O.